The van der Waals surface area contributed by atoms with Crippen LogP contribution in [0.2, 0.25) is 0 Å². The number of aliphatic carboxylic acids is 1. The van der Waals surface area contributed by atoms with Crippen molar-refractivity contribution in [2.45, 2.75) is 24.0 Å². The third kappa shape index (κ3) is 2.93. The fourth-order valence-electron chi connectivity index (χ4n) is 1.21. The highest BCUT2D eigenvalue weighted by molar-refractivity contribution is 7.93. The number of sulfone groups is 1. The lowest BCUT2D eigenvalue weighted by Crippen LogP contribution is -2.33. The van der Waals surface area contributed by atoms with Gasteiger partial charge in [-0.3, -0.25) is 4.79 Å². The van der Waals surface area contributed by atoms with Gasteiger partial charge in [0.2, 0.25) is 0 Å². The third-order valence-corrected chi connectivity index (χ3v) is 4.36. The number of nitrogens with two attached hydrogens (primary N) is 1. The van der Waals surface area contributed by atoms with E-state index in [0.717, 1.165) is 6.26 Å². The largest absolute Gasteiger partial charge is 0.481 e. The maximum atomic E-state index is 11.5. The molecule has 0 unspecified atom stereocenters. The lowest BCUT2D eigenvalue weighted by Gasteiger charge is -2.08. The molecular weight excluding hydrogens is 252 g/mol. The molecule has 0 aromatic carbocycles. The zero-order valence-corrected chi connectivity index (χ0v) is 9.86. The summed E-state index contributed by atoms with van der Waals surface area (Å²) < 4.78 is 21.1. The van der Waals surface area contributed by atoms with E-state index in [0.29, 0.717) is 0 Å². The molecule has 1 aliphatic carbocycles. The molecule has 1 aliphatic rings. The SMILES string of the molecule is CS(=O)(=O)C1(C(=O)O/N=C(\N)CC(=O)O)CC1. The summed E-state index contributed by atoms with van der Waals surface area (Å²) in [5.41, 5.74) is 5.14. The second kappa shape index (κ2) is 4.32. The van der Waals surface area contributed by atoms with Crippen LogP contribution < -0.4 is 5.73 Å². The first-order chi connectivity index (χ1) is 7.69. The van der Waals surface area contributed by atoms with Crippen LogP contribution in [-0.2, 0) is 24.3 Å². The summed E-state index contributed by atoms with van der Waals surface area (Å²) in [6.07, 6.45) is 0.711. The Morgan fingerprint density at radius 3 is 2.35 bits per heavy atom. The molecule has 0 saturated heterocycles. The van der Waals surface area contributed by atoms with Gasteiger partial charge in [-0.25, -0.2) is 13.2 Å². The Morgan fingerprint density at radius 2 is 2.00 bits per heavy atom. The molecule has 0 atom stereocenters. The Hall–Kier alpha value is -1.64. The standard InChI is InChI=1S/C8H12N2O6S/c1-17(14,15)8(2-3-8)7(13)16-10-5(9)4-6(11)12/h2-4H2,1H3,(H2,9,10)(H,11,12). The topological polar surface area (TPSA) is 136 Å². The van der Waals surface area contributed by atoms with E-state index in [2.05, 4.69) is 9.99 Å². The summed E-state index contributed by atoms with van der Waals surface area (Å²) in [6, 6.07) is 0. The molecule has 1 fully saturated rings. The first-order valence-corrected chi connectivity index (χ1v) is 6.53. The number of oxime groups is 1. The van der Waals surface area contributed by atoms with Gasteiger partial charge in [0.1, 0.15) is 6.42 Å². The molecular formula is C8H12N2O6S. The summed E-state index contributed by atoms with van der Waals surface area (Å²) in [7, 11) is -3.56. The van der Waals surface area contributed by atoms with Crippen molar-refractivity contribution >= 4 is 27.6 Å². The van der Waals surface area contributed by atoms with Crippen LogP contribution in [0.25, 0.3) is 0 Å². The lowest BCUT2D eigenvalue weighted by molar-refractivity contribution is -0.144. The minimum atomic E-state index is -3.56. The van der Waals surface area contributed by atoms with Crippen molar-refractivity contribution < 1.29 is 28.0 Å². The van der Waals surface area contributed by atoms with E-state index in [1.165, 1.54) is 0 Å². The maximum absolute atomic E-state index is 11.5. The van der Waals surface area contributed by atoms with Crippen LogP contribution in [0.3, 0.4) is 0 Å². The van der Waals surface area contributed by atoms with Crippen molar-refractivity contribution in [3.63, 3.8) is 0 Å². The molecule has 0 radical (unpaired) electrons. The molecule has 0 amide bonds. The van der Waals surface area contributed by atoms with E-state index < -0.39 is 38.8 Å². The summed E-state index contributed by atoms with van der Waals surface area (Å²) in [6.45, 7) is 0. The number of hydrogen-bond donors (Lipinski definition) is 2. The summed E-state index contributed by atoms with van der Waals surface area (Å²) in [5.74, 6) is -2.66. The second-order valence-corrected chi connectivity index (χ2v) is 6.12. The van der Waals surface area contributed by atoms with Crippen LogP contribution in [0.15, 0.2) is 5.16 Å². The van der Waals surface area contributed by atoms with Crippen LogP contribution in [0.1, 0.15) is 19.3 Å². The fraction of sp³-hybridized carbons (Fsp3) is 0.625. The summed E-state index contributed by atoms with van der Waals surface area (Å²) in [5, 5.41) is 11.4. The average Bonchev–Trinajstić information content (AvgIpc) is 2.92. The van der Waals surface area contributed by atoms with E-state index >= 15 is 0 Å². The molecule has 0 aliphatic heterocycles. The first kappa shape index (κ1) is 13.4. The Labute approximate surface area is 97.3 Å². The molecule has 1 saturated carbocycles. The van der Waals surface area contributed by atoms with Gasteiger partial charge in [-0.1, -0.05) is 5.16 Å². The monoisotopic (exact) mass is 264 g/mol. The molecule has 0 heterocycles. The number of carboxylic acid groups (broad SMARTS) is 1. The van der Waals surface area contributed by atoms with Crippen LogP contribution in [-0.4, -0.2) is 42.3 Å². The van der Waals surface area contributed by atoms with Crippen molar-refractivity contribution in [2.24, 2.45) is 10.9 Å². The lowest BCUT2D eigenvalue weighted by atomic mass is 10.4. The van der Waals surface area contributed by atoms with Crippen LogP contribution >= 0.6 is 0 Å². The molecule has 8 nitrogen and oxygen atoms in total. The van der Waals surface area contributed by atoms with E-state index in [9.17, 15) is 18.0 Å². The number of carbonyl (C=O) groups excluding carboxylic acids is 1. The molecule has 9 heteroatoms. The zero-order valence-electron chi connectivity index (χ0n) is 9.04. The quantitative estimate of drug-likeness (QED) is 0.277. The van der Waals surface area contributed by atoms with E-state index in [-0.39, 0.29) is 12.8 Å². The number of amidine groups is 1. The van der Waals surface area contributed by atoms with Crippen molar-refractivity contribution in [3.8, 4) is 0 Å². The van der Waals surface area contributed by atoms with Gasteiger partial charge < -0.3 is 15.7 Å². The molecule has 0 spiro atoms. The van der Waals surface area contributed by atoms with Gasteiger partial charge in [0.25, 0.3) is 0 Å². The predicted octanol–water partition coefficient (Wildman–Crippen LogP) is -1.15. The number of rotatable bonds is 5. The Bertz CT molecular complexity index is 476. The molecule has 1 rings (SSSR count). The molecule has 3 N–H and O–H groups in total. The van der Waals surface area contributed by atoms with E-state index in [1.54, 1.807) is 0 Å². The molecule has 17 heavy (non-hydrogen) atoms. The van der Waals surface area contributed by atoms with Crippen LogP contribution in [0, 0.1) is 0 Å². The second-order valence-electron chi connectivity index (χ2n) is 3.80. The van der Waals surface area contributed by atoms with Gasteiger partial charge in [-0.15, -0.1) is 0 Å². The Morgan fingerprint density at radius 1 is 1.47 bits per heavy atom. The van der Waals surface area contributed by atoms with Gasteiger partial charge in [-0.2, -0.15) is 0 Å². The summed E-state index contributed by atoms with van der Waals surface area (Å²) in [4.78, 5) is 26.0. The smallest absolute Gasteiger partial charge is 0.356 e. The average molecular weight is 264 g/mol. The predicted molar refractivity (Wildman–Crippen MR) is 56.8 cm³/mol. The van der Waals surface area contributed by atoms with Crippen LogP contribution in [0.4, 0.5) is 0 Å². The number of hydrogen-bond acceptors (Lipinski definition) is 6. The molecule has 0 aromatic rings. The van der Waals surface area contributed by atoms with Crippen molar-refractivity contribution in [1.29, 1.82) is 0 Å². The van der Waals surface area contributed by atoms with Crippen molar-refractivity contribution in [2.75, 3.05) is 6.26 Å². The fourth-order valence-corrected chi connectivity index (χ4v) is 2.39. The van der Waals surface area contributed by atoms with Crippen molar-refractivity contribution in [1.82, 2.24) is 0 Å². The Balaban J connectivity index is 2.66. The molecule has 0 aromatic heterocycles. The van der Waals surface area contributed by atoms with E-state index in [4.69, 9.17) is 10.8 Å². The van der Waals surface area contributed by atoms with Gasteiger partial charge in [0, 0.05) is 6.26 Å². The summed E-state index contributed by atoms with van der Waals surface area (Å²) >= 11 is 0. The zero-order chi connectivity index (χ0) is 13.3. The minimum absolute atomic E-state index is 0.180. The van der Waals surface area contributed by atoms with Gasteiger partial charge in [-0.05, 0) is 12.8 Å². The third-order valence-electron chi connectivity index (χ3n) is 2.36. The highest BCUT2D eigenvalue weighted by atomic mass is 32.2. The van der Waals surface area contributed by atoms with Crippen molar-refractivity contribution in [3.05, 3.63) is 0 Å². The molecule has 0 bridgehead atoms. The normalized spacial score (nSPS) is 18.5. The van der Waals surface area contributed by atoms with Crippen LogP contribution in [0.5, 0.6) is 0 Å². The van der Waals surface area contributed by atoms with Gasteiger partial charge in [0.15, 0.2) is 20.4 Å². The number of nitrogens with zero attached hydrogens (tertiary/aromatic N) is 1. The Kier molecular flexibility index (Phi) is 3.41. The number of carbonyl (C=O) groups is 2. The highest BCUT2D eigenvalue weighted by Crippen LogP contribution is 2.44. The molecule has 96 valence electrons. The van der Waals surface area contributed by atoms with Gasteiger partial charge >= 0.3 is 11.9 Å². The number of carboxylic acids is 1. The maximum Gasteiger partial charge on any atom is 0.356 e. The minimum Gasteiger partial charge on any atom is -0.481 e. The van der Waals surface area contributed by atoms with Gasteiger partial charge in [0.05, 0.1) is 0 Å². The van der Waals surface area contributed by atoms with E-state index in [1.807, 2.05) is 0 Å². The highest BCUT2D eigenvalue weighted by Gasteiger charge is 2.60. The first-order valence-electron chi connectivity index (χ1n) is 4.64.